The van der Waals surface area contributed by atoms with E-state index in [4.69, 9.17) is 11.6 Å². The highest BCUT2D eigenvalue weighted by molar-refractivity contribution is 6.19. The predicted molar refractivity (Wildman–Crippen MR) is 74.5 cm³/mol. The number of likely N-dealkylation sites (N-methyl/N-ethyl adjacent to an activating group) is 1. The summed E-state index contributed by atoms with van der Waals surface area (Å²) in [6.45, 7) is 13.1. The Kier molecular flexibility index (Phi) is 7.80. The molecule has 1 N–H and O–H groups in total. The summed E-state index contributed by atoms with van der Waals surface area (Å²) in [4.78, 5) is 14.3. The van der Waals surface area contributed by atoms with Gasteiger partial charge in [0.15, 0.2) is 0 Å². The Morgan fingerprint density at radius 2 is 1.82 bits per heavy atom. The summed E-state index contributed by atoms with van der Waals surface area (Å²) in [6.07, 6.45) is 0.945. The zero-order valence-corrected chi connectivity index (χ0v) is 12.6. The lowest BCUT2D eigenvalue weighted by Gasteiger charge is -2.28. The molecule has 0 fully saturated rings. The van der Waals surface area contributed by atoms with Crippen molar-refractivity contribution in [2.75, 3.05) is 25.5 Å². The maximum Gasteiger partial charge on any atom is 0.227 e. The standard InChI is InChI=1S/C13H27ClN2O/c1-6-11(9-16(7-2)8-3)15-12(17)13(4,5)10-14/h11H,6-10H2,1-5H3,(H,15,17). The number of halogens is 1. The van der Waals surface area contributed by atoms with Crippen molar-refractivity contribution < 1.29 is 4.79 Å². The Labute approximate surface area is 111 Å². The van der Waals surface area contributed by atoms with E-state index in [0.29, 0.717) is 5.88 Å². The van der Waals surface area contributed by atoms with Crippen molar-refractivity contribution in [3.8, 4) is 0 Å². The fourth-order valence-corrected chi connectivity index (χ4v) is 1.63. The van der Waals surface area contributed by atoms with E-state index >= 15 is 0 Å². The first kappa shape index (κ1) is 16.7. The van der Waals surface area contributed by atoms with Crippen molar-refractivity contribution in [3.05, 3.63) is 0 Å². The second kappa shape index (κ2) is 7.93. The van der Waals surface area contributed by atoms with Gasteiger partial charge in [-0.05, 0) is 33.4 Å². The second-order valence-electron chi connectivity index (χ2n) is 5.08. The average Bonchev–Trinajstić information content (AvgIpc) is 2.33. The molecule has 0 saturated carbocycles. The molecule has 3 nitrogen and oxygen atoms in total. The van der Waals surface area contributed by atoms with Crippen molar-refractivity contribution in [1.29, 1.82) is 0 Å². The Bertz CT molecular complexity index is 227. The molecule has 0 aliphatic carbocycles. The number of alkyl halides is 1. The van der Waals surface area contributed by atoms with Crippen LogP contribution in [0.15, 0.2) is 0 Å². The van der Waals surface area contributed by atoms with Gasteiger partial charge in [-0.25, -0.2) is 0 Å². The lowest BCUT2D eigenvalue weighted by Crippen LogP contribution is -2.48. The molecule has 1 unspecified atom stereocenters. The highest BCUT2D eigenvalue weighted by Crippen LogP contribution is 2.17. The van der Waals surface area contributed by atoms with Gasteiger partial charge in [-0.2, -0.15) is 0 Å². The molecule has 102 valence electrons. The van der Waals surface area contributed by atoms with Crippen LogP contribution in [0.25, 0.3) is 0 Å². The summed E-state index contributed by atoms with van der Waals surface area (Å²) in [7, 11) is 0. The van der Waals surface area contributed by atoms with Gasteiger partial charge in [0.1, 0.15) is 0 Å². The molecule has 0 aromatic rings. The first-order valence-corrected chi connectivity index (χ1v) is 7.03. The number of carbonyl (C=O) groups excluding carboxylic acids is 1. The lowest BCUT2D eigenvalue weighted by atomic mass is 9.94. The van der Waals surface area contributed by atoms with Crippen LogP contribution in [0.4, 0.5) is 0 Å². The normalized spacial score (nSPS) is 13.8. The fraction of sp³-hybridized carbons (Fsp3) is 0.923. The minimum absolute atomic E-state index is 0.0477. The quantitative estimate of drug-likeness (QED) is 0.682. The second-order valence-corrected chi connectivity index (χ2v) is 5.35. The summed E-state index contributed by atoms with van der Waals surface area (Å²) >= 11 is 5.80. The first-order chi connectivity index (χ1) is 7.91. The summed E-state index contributed by atoms with van der Waals surface area (Å²) in [5, 5.41) is 3.09. The van der Waals surface area contributed by atoms with Gasteiger partial charge in [0.25, 0.3) is 0 Å². The zero-order valence-electron chi connectivity index (χ0n) is 11.8. The van der Waals surface area contributed by atoms with E-state index in [9.17, 15) is 4.79 Å². The van der Waals surface area contributed by atoms with Crippen LogP contribution < -0.4 is 5.32 Å². The van der Waals surface area contributed by atoms with Crippen LogP contribution in [0.2, 0.25) is 0 Å². The van der Waals surface area contributed by atoms with Gasteiger partial charge in [0.05, 0.1) is 5.41 Å². The molecule has 0 saturated heterocycles. The SMILES string of the molecule is CCC(CN(CC)CC)NC(=O)C(C)(C)CCl. The Balaban J connectivity index is 4.35. The number of nitrogens with zero attached hydrogens (tertiary/aromatic N) is 1. The fourth-order valence-electron chi connectivity index (χ4n) is 1.51. The van der Waals surface area contributed by atoms with Crippen molar-refractivity contribution >= 4 is 17.5 Å². The molecule has 0 radical (unpaired) electrons. The number of amides is 1. The average molecular weight is 263 g/mol. The van der Waals surface area contributed by atoms with Crippen molar-refractivity contribution in [2.24, 2.45) is 5.41 Å². The number of nitrogens with one attached hydrogen (secondary N) is 1. The van der Waals surface area contributed by atoms with Crippen LogP contribution >= 0.6 is 11.6 Å². The summed E-state index contributed by atoms with van der Waals surface area (Å²) in [6, 6.07) is 0.213. The molecule has 0 spiro atoms. The predicted octanol–water partition coefficient (Wildman–Crippen LogP) is 2.49. The van der Waals surface area contributed by atoms with E-state index in [-0.39, 0.29) is 11.9 Å². The van der Waals surface area contributed by atoms with Crippen LogP contribution in [-0.4, -0.2) is 42.4 Å². The summed E-state index contributed by atoms with van der Waals surface area (Å²) in [5.74, 6) is 0.395. The summed E-state index contributed by atoms with van der Waals surface area (Å²) in [5.41, 5.74) is -0.488. The van der Waals surface area contributed by atoms with Gasteiger partial charge in [-0.3, -0.25) is 4.79 Å². The molecule has 0 aliphatic heterocycles. The Morgan fingerprint density at radius 1 is 1.29 bits per heavy atom. The van der Waals surface area contributed by atoms with Crippen molar-refractivity contribution in [2.45, 2.75) is 47.1 Å². The molecular weight excluding hydrogens is 236 g/mol. The van der Waals surface area contributed by atoms with Crippen molar-refractivity contribution in [1.82, 2.24) is 10.2 Å². The van der Waals surface area contributed by atoms with Crippen LogP contribution in [0.3, 0.4) is 0 Å². The Morgan fingerprint density at radius 3 is 2.18 bits per heavy atom. The van der Waals surface area contributed by atoms with E-state index in [2.05, 4.69) is 31.0 Å². The zero-order chi connectivity index (χ0) is 13.5. The number of carbonyl (C=O) groups is 1. The summed E-state index contributed by atoms with van der Waals surface area (Å²) < 4.78 is 0. The molecule has 17 heavy (non-hydrogen) atoms. The number of hydrogen-bond acceptors (Lipinski definition) is 2. The third-order valence-corrected chi connectivity index (χ3v) is 3.82. The van der Waals surface area contributed by atoms with Crippen molar-refractivity contribution in [3.63, 3.8) is 0 Å². The molecule has 0 aliphatic rings. The van der Waals surface area contributed by atoms with E-state index in [1.807, 2.05) is 13.8 Å². The molecule has 4 heteroatoms. The molecule has 0 aromatic heterocycles. The molecule has 1 atom stereocenters. The minimum atomic E-state index is -0.488. The van der Waals surface area contributed by atoms with Gasteiger partial charge in [0, 0.05) is 18.5 Å². The first-order valence-electron chi connectivity index (χ1n) is 6.50. The molecular formula is C13H27ClN2O. The molecule has 0 aromatic carbocycles. The molecule has 0 rings (SSSR count). The van der Waals surface area contributed by atoms with Gasteiger partial charge in [-0.15, -0.1) is 11.6 Å². The van der Waals surface area contributed by atoms with E-state index in [1.54, 1.807) is 0 Å². The molecule has 0 heterocycles. The highest BCUT2D eigenvalue weighted by atomic mass is 35.5. The third-order valence-electron chi connectivity index (χ3n) is 3.15. The van der Waals surface area contributed by atoms with Crippen LogP contribution in [0, 0.1) is 5.41 Å². The van der Waals surface area contributed by atoms with Gasteiger partial charge in [0.2, 0.25) is 5.91 Å². The van der Waals surface area contributed by atoms with Crippen LogP contribution in [0.5, 0.6) is 0 Å². The van der Waals surface area contributed by atoms with Gasteiger partial charge >= 0.3 is 0 Å². The maximum absolute atomic E-state index is 12.0. The minimum Gasteiger partial charge on any atom is -0.352 e. The Hall–Kier alpha value is -0.280. The van der Waals surface area contributed by atoms with E-state index < -0.39 is 5.41 Å². The smallest absolute Gasteiger partial charge is 0.227 e. The molecule has 1 amide bonds. The van der Waals surface area contributed by atoms with Crippen LogP contribution in [-0.2, 0) is 4.79 Å². The number of rotatable bonds is 8. The lowest BCUT2D eigenvalue weighted by molar-refractivity contribution is -0.129. The topological polar surface area (TPSA) is 32.3 Å². The molecule has 0 bridgehead atoms. The number of hydrogen-bond donors (Lipinski definition) is 1. The van der Waals surface area contributed by atoms with Crippen LogP contribution in [0.1, 0.15) is 41.0 Å². The van der Waals surface area contributed by atoms with E-state index in [1.165, 1.54) is 0 Å². The van der Waals surface area contributed by atoms with E-state index in [0.717, 1.165) is 26.1 Å². The monoisotopic (exact) mass is 262 g/mol. The highest BCUT2D eigenvalue weighted by Gasteiger charge is 2.28. The largest absolute Gasteiger partial charge is 0.352 e. The van der Waals surface area contributed by atoms with Gasteiger partial charge in [-0.1, -0.05) is 20.8 Å². The third kappa shape index (κ3) is 5.73. The van der Waals surface area contributed by atoms with Gasteiger partial charge < -0.3 is 10.2 Å². The maximum atomic E-state index is 12.0.